The molecule has 0 aliphatic heterocycles. The van der Waals surface area contributed by atoms with Crippen molar-refractivity contribution in [1.82, 2.24) is 10.3 Å². The highest BCUT2D eigenvalue weighted by Crippen LogP contribution is 2.22. The lowest BCUT2D eigenvalue weighted by Crippen LogP contribution is -2.43. The van der Waals surface area contributed by atoms with Gasteiger partial charge in [0.2, 0.25) is 17.7 Å². The Morgan fingerprint density at radius 1 is 1.00 bits per heavy atom. The summed E-state index contributed by atoms with van der Waals surface area (Å²) in [5, 5.41) is 5.79. The summed E-state index contributed by atoms with van der Waals surface area (Å²) in [7, 11) is 0. The summed E-state index contributed by atoms with van der Waals surface area (Å²) in [6, 6.07) is 13.3. The maximum atomic E-state index is 13.1. The molecule has 33 heavy (non-hydrogen) atoms. The zero-order valence-corrected chi connectivity index (χ0v) is 19.5. The van der Waals surface area contributed by atoms with Crippen molar-refractivity contribution < 1.29 is 14.4 Å². The van der Waals surface area contributed by atoms with Crippen LogP contribution in [0.25, 0.3) is 0 Å². The molecule has 3 rings (SSSR count). The molecule has 0 saturated heterocycles. The first kappa shape index (κ1) is 24.4. The summed E-state index contributed by atoms with van der Waals surface area (Å²) in [5.41, 5.74) is 1.87. The second-order valence-electron chi connectivity index (χ2n) is 8.89. The maximum Gasteiger partial charge on any atom is 0.240 e. The molecule has 1 heterocycles. The van der Waals surface area contributed by atoms with Gasteiger partial charge in [-0.05, 0) is 55.0 Å². The van der Waals surface area contributed by atoms with Gasteiger partial charge in [0.1, 0.15) is 12.4 Å². The third-order valence-corrected chi connectivity index (χ3v) is 5.92. The lowest BCUT2D eigenvalue weighted by atomic mass is 10.0. The lowest BCUT2D eigenvalue weighted by molar-refractivity contribution is -0.124. The van der Waals surface area contributed by atoms with Crippen LogP contribution in [0.15, 0.2) is 48.7 Å². The summed E-state index contributed by atoms with van der Waals surface area (Å²) in [6.45, 7) is 4.21. The number of benzene rings is 1. The molecule has 176 valence electrons. The molecule has 1 saturated carbocycles. The summed E-state index contributed by atoms with van der Waals surface area (Å²) in [4.78, 5) is 43.5. The number of anilines is 2. The Balaban J connectivity index is 1.59. The first-order valence-corrected chi connectivity index (χ1v) is 11.8. The SMILES string of the molecule is CC(C)c1ccc(N(CC(=O)NC2CCCC2)C(=O)CCCC(=O)Nc2ccccn2)cc1. The van der Waals surface area contributed by atoms with Gasteiger partial charge in [-0.15, -0.1) is 0 Å². The molecule has 7 heteroatoms. The van der Waals surface area contributed by atoms with Crippen LogP contribution in [-0.2, 0) is 14.4 Å². The number of hydrogen-bond acceptors (Lipinski definition) is 4. The Morgan fingerprint density at radius 2 is 1.73 bits per heavy atom. The average Bonchev–Trinajstić information content (AvgIpc) is 3.31. The van der Waals surface area contributed by atoms with Crippen LogP contribution in [0, 0.1) is 0 Å². The molecule has 1 aromatic heterocycles. The van der Waals surface area contributed by atoms with Crippen molar-refractivity contribution in [2.45, 2.75) is 70.8 Å². The second-order valence-corrected chi connectivity index (χ2v) is 8.89. The van der Waals surface area contributed by atoms with Gasteiger partial charge in [0.15, 0.2) is 0 Å². The predicted octanol–water partition coefficient (Wildman–Crippen LogP) is 4.41. The highest BCUT2D eigenvalue weighted by atomic mass is 16.2. The van der Waals surface area contributed by atoms with E-state index in [0.717, 1.165) is 25.7 Å². The van der Waals surface area contributed by atoms with Crippen LogP contribution < -0.4 is 15.5 Å². The number of carbonyl (C=O) groups excluding carboxylic acids is 3. The highest BCUT2D eigenvalue weighted by Gasteiger charge is 2.22. The fraction of sp³-hybridized carbons (Fsp3) is 0.462. The number of nitrogens with one attached hydrogen (secondary N) is 2. The van der Waals surface area contributed by atoms with Gasteiger partial charge < -0.3 is 15.5 Å². The summed E-state index contributed by atoms with van der Waals surface area (Å²) in [5.74, 6) is 0.375. The van der Waals surface area contributed by atoms with Crippen molar-refractivity contribution in [1.29, 1.82) is 0 Å². The van der Waals surface area contributed by atoms with Gasteiger partial charge in [0, 0.05) is 30.8 Å². The van der Waals surface area contributed by atoms with Crippen molar-refractivity contribution in [2.24, 2.45) is 0 Å². The minimum absolute atomic E-state index is 0.0174. The van der Waals surface area contributed by atoms with Gasteiger partial charge in [-0.25, -0.2) is 4.98 Å². The minimum atomic E-state index is -0.187. The van der Waals surface area contributed by atoms with Crippen LogP contribution in [0.2, 0.25) is 0 Å². The Bertz CT molecular complexity index is 922. The van der Waals surface area contributed by atoms with Crippen molar-refractivity contribution >= 4 is 29.2 Å². The van der Waals surface area contributed by atoms with Gasteiger partial charge in [-0.2, -0.15) is 0 Å². The van der Waals surface area contributed by atoms with Crippen molar-refractivity contribution in [2.75, 3.05) is 16.8 Å². The Kier molecular flexibility index (Phi) is 8.98. The smallest absolute Gasteiger partial charge is 0.240 e. The largest absolute Gasteiger partial charge is 0.352 e. The van der Waals surface area contributed by atoms with E-state index >= 15 is 0 Å². The van der Waals surface area contributed by atoms with Crippen LogP contribution >= 0.6 is 0 Å². The molecule has 1 aliphatic rings. The first-order valence-electron chi connectivity index (χ1n) is 11.8. The van der Waals surface area contributed by atoms with E-state index in [0.29, 0.717) is 23.8 Å². The number of carbonyl (C=O) groups is 3. The van der Waals surface area contributed by atoms with Gasteiger partial charge in [0.25, 0.3) is 0 Å². The van der Waals surface area contributed by atoms with E-state index in [2.05, 4.69) is 29.5 Å². The Morgan fingerprint density at radius 3 is 2.36 bits per heavy atom. The van der Waals surface area contributed by atoms with Crippen molar-refractivity contribution in [3.05, 3.63) is 54.2 Å². The first-order chi connectivity index (χ1) is 15.9. The van der Waals surface area contributed by atoms with Gasteiger partial charge in [-0.3, -0.25) is 14.4 Å². The molecule has 3 amide bonds. The third kappa shape index (κ3) is 7.70. The molecule has 0 unspecified atom stereocenters. The average molecular weight is 451 g/mol. The van der Waals surface area contributed by atoms with E-state index in [9.17, 15) is 14.4 Å². The highest BCUT2D eigenvalue weighted by molar-refractivity contribution is 5.99. The van der Waals surface area contributed by atoms with E-state index in [1.165, 1.54) is 10.5 Å². The number of hydrogen-bond donors (Lipinski definition) is 2. The molecular formula is C26H34N4O3. The van der Waals surface area contributed by atoms with Crippen molar-refractivity contribution in [3.63, 3.8) is 0 Å². The molecule has 0 atom stereocenters. The number of pyridine rings is 1. The molecule has 1 aromatic carbocycles. The molecular weight excluding hydrogens is 416 g/mol. The Labute approximate surface area is 196 Å². The standard InChI is InChI=1S/C26H34N4O3/c1-19(2)20-13-15-22(16-14-20)30(18-25(32)28-21-8-3-4-9-21)26(33)12-7-11-24(31)29-23-10-5-6-17-27-23/h5-6,10,13-17,19,21H,3-4,7-9,11-12,18H2,1-2H3,(H,28,32)(H,27,29,31). The second kappa shape index (κ2) is 12.1. The topological polar surface area (TPSA) is 91.4 Å². The van der Waals surface area contributed by atoms with Gasteiger partial charge in [-0.1, -0.05) is 44.9 Å². The fourth-order valence-electron chi connectivity index (χ4n) is 4.03. The third-order valence-electron chi connectivity index (χ3n) is 5.92. The molecule has 0 spiro atoms. The minimum Gasteiger partial charge on any atom is -0.352 e. The van der Waals surface area contributed by atoms with Gasteiger partial charge >= 0.3 is 0 Å². The summed E-state index contributed by atoms with van der Waals surface area (Å²) in [6.07, 6.45) is 6.63. The van der Waals surface area contributed by atoms with E-state index in [1.54, 1.807) is 24.4 Å². The monoisotopic (exact) mass is 450 g/mol. The molecule has 2 aromatic rings. The van der Waals surface area contributed by atoms with Crippen LogP contribution in [0.5, 0.6) is 0 Å². The Hall–Kier alpha value is -3.22. The zero-order valence-electron chi connectivity index (χ0n) is 19.5. The van der Waals surface area contributed by atoms with E-state index in [1.807, 2.05) is 24.3 Å². The quantitative estimate of drug-likeness (QED) is 0.561. The predicted molar refractivity (Wildman–Crippen MR) is 130 cm³/mol. The normalized spacial score (nSPS) is 13.7. The van der Waals surface area contributed by atoms with Crippen molar-refractivity contribution in [3.8, 4) is 0 Å². The molecule has 0 radical (unpaired) electrons. The van der Waals surface area contributed by atoms with Gasteiger partial charge in [0.05, 0.1) is 0 Å². The van der Waals surface area contributed by atoms with Crippen LogP contribution in [0.3, 0.4) is 0 Å². The van der Waals surface area contributed by atoms with Crippen LogP contribution in [0.1, 0.15) is 70.3 Å². The molecule has 1 fully saturated rings. The van der Waals surface area contributed by atoms with E-state index < -0.39 is 0 Å². The number of amides is 3. The maximum absolute atomic E-state index is 13.1. The number of nitrogens with zero attached hydrogens (tertiary/aromatic N) is 2. The molecule has 2 N–H and O–H groups in total. The molecule has 0 bridgehead atoms. The number of rotatable bonds is 10. The summed E-state index contributed by atoms with van der Waals surface area (Å²) < 4.78 is 0. The fourth-order valence-corrected chi connectivity index (χ4v) is 4.03. The molecule has 1 aliphatic carbocycles. The van der Waals surface area contributed by atoms with E-state index in [4.69, 9.17) is 0 Å². The van der Waals surface area contributed by atoms with E-state index in [-0.39, 0.29) is 43.1 Å². The molecule has 7 nitrogen and oxygen atoms in total. The summed E-state index contributed by atoms with van der Waals surface area (Å²) >= 11 is 0. The van der Waals surface area contributed by atoms with Crippen LogP contribution in [-0.4, -0.2) is 35.3 Å². The zero-order chi connectivity index (χ0) is 23.6. The lowest BCUT2D eigenvalue weighted by Gasteiger charge is -2.24. The van der Waals surface area contributed by atoms with Crippen LogP contribution in [0.4, 0.5) is 11.5 Å². The number of aromatic nitrogens is 1.